The minimum absolute atomic E-state index is 0.0247. The number of nitrogens with two attached hydrogens (primary N) is 1. The fourth-order valence-electron chi connectivity index (χ4n) is 2.70. The van der Waals surface area contributed by atoms with Crippen LogP contribution in [0.4, 0.5) is 5.82 Å². The highest BCUT2D eigenvalue weighted by atomic mass is 31.0. The van der Waals surface area contributed by atoms with Gasteiger partial charge in [0.2, 0.25) is 0 Å². The van der Waals surface area contributed by atoms with E-state index in [-0.39, 0.29) is 30.1 Å². The Kier molecular flexibility index (Phi) is 17.2. The molecule has 0 aliphatic rings. The number of carbonyl (C=O) groups is 1. The molecule has 3 atom stereocenters. The van der Waals surface area contributed by atoms with E-state index in [0.717, 1.165) is 24.1 Å². The number of fused-ring (bicyclic) bond motifs is 1. The van der Waals surface area contributed by atoms with Crippen LogP contribution in [-0.2, 0) is 20.7 Å². The number of methoxy groups -OCH3 is 1. The molecule has 210 valence electrons. The zero-order valence-electron chi connectivity index (χ0n) is 22.7. The summed E-state index contributed by atoms with van der Waals surface area (Å²) >= 11 is 0. The maximum Gasteiger partial charge on any atom is 0.323 e. The Hall–Kier alpha value is -3.29. The number of phenolic OH excluding ortho intramolecular Hbond substituents is 1. The third-order valence-corrected chi connectivity index (χ3v) is 5.33. The summed E-state index contributed by atoms with van der Waals surface area (Å²) in [7, 11) is 3.89. The van der Waals surface area contributed by atoms with E-state index in [9.17, 15) is 4.79 Å². The number of aromatic hydroxyl groups is 1. The Morgan fingerprint density at radius 2 is 1.87 bits per heavy atom. The zero-order chi connectivity index (χ0) is 29.1. The number of ether oxygens (including phenoxy) is 2. The van der Waals surface area contributed by atoms with Gasteiger partial charge in [0.25, 0.3) is 0 Å². The lowest BCUT2D eigenvalue weighted by molar-refractivity contribution is -0.147. The molecular formula is C26H41N6O5P. The van der Waals surface area contributed by atoms with Gasteiger partial charge in [0.05, 0.1) is 19.3 Å². The molecular weight excluding hydrogens is 507 g/mol. The summed E-state index contributed by atoms with van der Waals surface area (Å²) in [4.78, 5) is 15.1. The number of aryl methyl sites for hydroxylation is 1. The number of nitrogen functional groups attached to an aromatic ring is 1. The number of carbonyl (C=O) groups excluding carboxylic acids is 1. The number of para-hydroxylation sites is 1. The van der Waals surface area contributed by atoms with Crippen LogP contribution in [0.25, 0.3) is 5.52 Å². The Balaban J connectivity index is 0.000000568. The lowest BCUT2D eigenvalue weighted by Crippen LogP contribution is -2.31. The predicted molar refractivity (Wildman–Crippen MR) is 151 cm³/mol. The van der Waals surface area contributed by atoms with Gasteiger partial charge in [0.15, 0.2) is 5.82 Å². The maximum atomic E-state index is 11.1. The first-order valence-corrected chi connectivity index (χ1v) is 12.4. The minimum atomic E-state index is -0.252. The number of benzene rings is 1. The van der Waals surface area contributed by atoms with E-state index in [1.54, 1.807) is 42.8 Å². The van der Waals surface area contributed by atoms with Gasteiger partial charge in [-0.05, 0) is 49.4 Å². The van der Waals surface area contributed by atoms with Crippen molar-refractivity contribution in [3.63, 3.8) is 0 Å². The molecule has 1 aromatic carbocycles. The molecule has 11 nitrogen and oxygen atoms in total. The zero-order valence-corrected chi connectivity index (χ0v) is 23.9. The summed E-state index contributed by atoms with van der Waals surface area (Å²) in [5, 5.41) is 31.1. The van der Waals surface area contributed by atoms with Gasteiger partial charge in [0.1, 0.15) is 23.6 Å². The number of hydrogen-bond acceptors (Lipinski definition) is 10. The number of anilines is 1. The van der Waals surface area contributed by atoms with E-state index in [2.05, 4.69) is 31.1 Å². The molecule has 2 heterocycles. The van der Waals surface area contributed by atoms with E-state index in [1.165, 1.54) is 6.33 Å². The number of phenols is 1. The summed E-state index contributed by atoms with van der Waals surface area (Å²) in [6.07, 6.45) is 2.80. The van der Waals surface area contributed by atoms with Gasteiger partial charge < -0.3 is 25.4 Å². The van der Waals surface area contributed by atoms with E-state index >= 15 is 0 Å². The predicted octanol–water partition coefficient (Wildman–Crippen LogP) is 3.13. The number of aromatic nitrogens is 3. The van der Waals surface area contributed by atoms with Crippen LogP contribution in [0.1, 0.15) is 39.8 Å². The SMILES string of the molecule is C#N.CC(NP)C(=O)OCC(C)(C)C.COC(CO)CCc1ccc2c(N)ncnn12.Oc1ccccc1. The van der Waals surface area contributed by atoms with Crippen molar-refractivity contribution in [2.75, 3.05) is 26.1 Å². The van der Waals surface area contributed by atoms with E-state index in [0.29, 0.717) is 18.2 Å². The quantitative estimate of drug-likeness (QED) is 0.242. The number of hydrogen-bond donors (Lipinski definition) is 4. The Labute approximate surface area is 227 Å². The van der Waals surface area contributed by atoms with Gasteiger partial charge in [0, 0.05) is 19.4 Å². The van der Waals surface area contributed by atoms with Crippen LogP contribution in [0, 0.1) is 17.2 Å². The van der Waals surface area contributed by atoms with Crippen LogP contribution in [0.3, 0.4) is 0 Å². The van der Waals surface area contributed by atoms with Crippen molar-refractivity contribution in [1.29, 1.82) is 5.26 Å². The van der Waals surface area contributed by atoms with Gasteiger partial charge >= 0.3 is 5.97 Å². The summed E-state index contributed by atoms with van der Waals surface area (Å²) in [6.45, 7) is 11.8. The number of nitrogens with zero attached hydrogens (tertiary/aromatic N) is 4. The van der Waals surface area contributed by atoms with Gasteiger partial charge in [-0.15, -0.1) is 0 Å². The van der Waals surface area contributed by atoms with Gasteiger partial charge in [-0.1, -0.05) is 48.4 Å². The first kappa shape index (κ1) is 34.7. The number of aliphatic hydroxyl groups excluding tert-OH is 1. The third-order valence-electron chi connectivity index (χ3n) is 4.83. The molecule has 0 amide bonds. The van der Waals surface area contributed by atoms with Crippen molar-refractivity contribution in [2.45, 2.75) is 52.7 Å². The van der Waals surface area contributed by atoms with E-state index < -0.39 is 0 Å². The van der Waals surface area contributed by atoms with Crippen molar-refractivity contribution in [3.05, 3.63) is 54.5 Å². The molecule has 0 aliphatic heterocycles. The summed E-state index contributed by atoms with van der Waals surface area (Å²) in [6, 6.07) is 12.3. The average molecular weight is 549 g/mol. The molecule has 3 rings (SSSR count). The molecule has 3 unspecified atom stereocenters. The molecule has 0 bridgehead atoms. The molecule has 0 fully saturated rings. The van der Waals surface area contributed by atoms with E-state index in [1.807, 2.05) is 39.0 Å². The molecule has 0 aliphatic carbocycles. The van der Waals surface area contributed by atoms with Crippen LogP contribution in [0.15, 0.2) is 48.8 Å². The average Bonchev–Trinajstić information content (AvgIpc) is 3.34. The normalized spacial score (nSPS) is 11.9. The number of nitriles is 1. The molecule has 0 saturated carbocycles. The van der Waals surface area contributed by atoms with Crippen LogP contribution in [0.2, 0.25) is 0 Å². The Bertz CT molecular complexity index is 1070. The fourth-order valence-corrected chi connectivity index (χ4v) is 2.83. The number of aliphatic hydroxyl groups is 1. The first-order chi connectivity index (χ1) is 18.0. The van der Waals surface area contributed by atoms with Crippen molar-refractivity contribution in [1.82, 2.24) is 19.7 Å². The molecule has 12 heteroatoms. The van der Waals surface area contributed by atoms with Crippen molar-refractivity contribution < 1.29 is 24.5 Å². The highest BCUT2D eigenvalue weighted by Gasteiger charge is 2.17. The monoisotopic (exact) mass is 548 g/mol. The standard InChI is InChI=1S/C11H16N4O2.C8H18NO2P.C6H6O.CHN/c1-17-9(6-16)4-2-8-3-5-10-11(12)13-7-14-15(8)10;1-6(9-12)7(10)11-5-8(2,3)4;7-6-4-2-1-3-5-6;1-2/h3,5,7,9,16H,2,4,6H2,1H3,(H2,12,13,14);6,9H,5,12H2,1-4H3;1-5,7H;1H. The molecule has 0 spiro atoms. The maximum absolute atomic E-state index is 11.1. The largest absolute Gasteiger partial charge is 0.508 e. The molecule has 2 aromatic heterocycles. The topological polar surface area (TPSA) is 168 Å². The van der Waals surface area contributed by atoms with Gasteiger partial charge in [-0.25, -0.2) is 14.8 Å². The highest BCUT2D eigenvalue weighted by Crippen LogP contribution is 2.15. The number of rotatable bonds is 8. The van der Waals surface area contributed by atoms with Crippen molar-refractivity contribution in [3.8, 4) is 12.3 Å². The van der Waals surface area contributed by atoms with Crippen LogP contribution in [0.5, 0.6) is 5.75 Å². The van der Waals surface area contributed by atoms with E-state index in [4.69, 9.17) is 30.7 Å². The second kappa shape index (κ2) is 18.9. The number of nitrogens with one attached hydrogen (secondary N) is 1. The third kappa shape index (κ3) is 13.9. The first-order valence-electron chi connectivity index (χ1n) is 11.9. The molecule has 0 saturated heterocycles. The van der Waals surface area contributed by atoms with Crippen molar-refractivity contribution >= 4 is 26.7 Å². The minimum Gasteiger partial charge on any atom is -0.508 e. The molecule has 38 heavy (non-hydrogen) atoms. The molecule has 3 aromatic rings. The summed E-state index contributed by atoms with van der Waals surface area (Å²) < 4.78 is 11.9. The highest BCUT2D eigenvalue weighted by molar-refractivity contribution is 7.13. The second-order valence-corrected chi connectivity index (χ2v) is 9.57. The molecule has 5 N–H and O–H groups in total. The van der Waals surface area contributed by atoms with Crippen molar-refractivity contribution in [2.24, 2.45) is 5.41 Å². The Morgan fingerprint density at radius 1 is 1.24 bits per heavy atom. The van der Waals surface area contributed by atoms with Crippen LogP contribution in [-0.4, -0.2) is 63.2 Å². The summed E-state index contributed by atoms with van der Waals surface area (Å²) in [5.41, 5.74) is 7.62. The lowest BCUT2D eigenvalue weighted by Gasteiger charge is -2.19. The van der Waals surface area contributed by atoms with Crippen LogP contribution < -0.4 is 10.8 Å². The smallest absolute Gasteiger partial charge is 0.323 e. The van der Waals surface area contributed by atoms with Gasteiger partial charge in [-0.2, -0.15) is 5.10 Å². The molecule has 0 radical (unpaired) electrons. The van der Waals surface area contributed by atoms with Gasteiger partial charge in [-0.3, -0.25) is 9.88 Å². The second-order valence-electron chi connectivity index (χ2n) is 9.24. The fraction of sp³-hybridized carbons (Fsp3) is 0.462. The summed E-state index contributed by atoms with van der Waals surface area (Å²) in [5.74, 6) is 0.583. The lowest BCUT2D eigenvalue weighted by atomic mass is 9.99. The number of esters is 1. The van der Waals surface area contributed by atoms with Crippen LogP contribution >= 0.6 is 9.39 Å². The Morgan fingerprint density at radius 3 is 2.34 bits per heavy atom.